The normalized spacial score (nSPS) is 13.1. The molecule has 1 rings (SSSR count). The Morgan fingerprint density at radius 2 is 2.00 bits per heavy atom. The van der Waals surface area contributed by atoms with E-state index in [1.54, 1.807) is 38.3 Å². The smallest absolute Gasteiger partial charge is 0.224 e. The summed E-state index contributed by atoms with van der Waals surface area (Å²) >= 11 is 0. The monoisotopic (exact) mass is 288 g/mol. The van der Waals surface area contributed by atoms with E-state index in [4.69, 9.17) is 10.5 Å². The molecule has 2 atom stereocenters. The molecule has 5 nitrogen and oxygen atoms in total. The number of amides is 1. The Morgan fingerprint density at radius 1 is 1.42 bits per heavy atom. The maximum Gasteiger partial charge on any atom is 0.224 e. The van der Waals surface area contributed by atoms with E-state index in [0.29, 0.717) is 6.54 Å². The molecule has 0 radical (unpaired) electrons. The molecule has 0 spiro atoms. The van der Waals surface area contributed by atoms with Crippen LogP contribution in [0.5, 0.6) is 5.75 Å². The molecule has 19 heavy (non-hydrogen) atoms. The maximum absolute atomic E-state index is 11.5. The van der Waals surface area contributed by atoms with Gasteiger partial charge in [0.15, 0.2) is 0 Å². The summed E-state index contributed by atoms with van der Waals surface area (Å²) in [6.07, 6.45) is -0.732. The van der Waals surface area contributed by atoms with Crippen LogP contribution in [0.3, 0.4) is 0 Å². The quantitative estimate of drug-likeness (QED) is 0.725. The molecule has 0 aliphatic rings. The molecule has 108 valence electrons. The van der Waals surface area contributed by atoms with Crippen molar-refractivity contribution in [3.63, 3.8) is 0 Å². The zero-order valence-corrected chi connectivity index (χ0v) is 11.9. The number of carbonyl (C=O) groups excluding carboxylic acids is 1. The first-order valence-electron chi connectivity index (χ1n) is 5.88. The number of nitrogens with two attached hydrogens (primary N) is 1. The Bertz CT molecular complexity index is 384. The standard InChI is InChI=1S/C13H20N2O3.ClH/c1-9(7-14)13(17)15-8-12(16)10-3-5-11(18-2)6-4-10;/h3-6,9,12,16H,7-8,14H2,1-2H3,(H,15,17);1H. The first-order chi connectivity index (χ1) is 8.58. The lowest BCUT2D eigenvalue weighted by Gasteiger charge is -2.14. The Morgan fingerprint density at radius 3 is 2.47 bits per heavy atom. The average molecular weight is 289 g/mol. The Labute approximate surface area is 119 Å². The van der Waals surface area contributed by atoms with Crippen molar-refractivity contribution in [2.45, 2.75) is 13.0 Å². The number of carbonyl (C=O) groups is 1. The van der Waals surface area contributed by atoms with Crippen LogP contribution in [-0.4, -0.2) is 31.2 Å². The molecule has 2 unspecified atom stereocenters. The second-order valence-corrected chi connectivity index (χ2v) is 4.17. The summed E-state index contributed by atoms with van der Waals surface area (Å²) in [5.74, 6) is 0.338. The van der Waals surface area contributed by atoms with E-state index in [1.807, 2.05) is 0 Å². The fourth-order valence-corrected chi connectivity index (χ4v) is 1.42. The van der Waals surface area contributed by atoms with E-state index in [1.165, 1.54) is 0 Å². The van der Waals surface area contributed by atoms with Crippen molar-refractivity contribution >= 4 is 18.3 Å². The zero-order valence-electron chi connectivity index (χ0n) is 11.1. The van der Waals surface area contributed by atoms with Gasteiger partial charge in [-0.05, 0) is 17.7 Å². The van der Waals surface area contributed by atoms with Crippen LogP contribution >= 0.6 is 12.4 Å². The molecule has 0 aliphatic heterocycles. The minimum Gasteiger partial charge on any atom is -0.497 e. The van der Waals surface area contributed by atoms with Crippen LogP contribution in [0, 0.1) is 5.92 Å². The molecule has 6 heteroatoms. The lowest BCUT2D eigenvalue weighted by atomic mass is 10.1. The molecule has 0 bridgehead atoms. The lowest BCUT2D eigenvalue weighted by Crippen LogP contribution is -2.35. The number of methoxy groups -OCH3 is 1. The van der Waals surface area contributed by atoms with Crippen molar-refractivity contribution in [1.29, 1.82) is 0 Å². The van der Waals surface area contributed by atoms with Gasteiger partial charge < -0.3 is 20.9 Å². The van der Waals surface area contributed by atoms with Crippen LogP contribution in [-0.2, 0) is 4.79 Å². The number of nitrogens with one attached hydrogen (secondary N) is 1. The molecular weight excluding hydrogens is 268 g/mol. The predicted octanol–water partition coefficient (Wildman–Crippen LogP) is 0.861. The highest BCUT2D eigenvalue weighted by Crippen LogP contribution is 2.16. The topological polar surface area (TPSA) is 84.6 Å². The van der Waals surface area contributed by atoms with E-state index in [2.05, 4.69) is 5.32 Å². The second-order valence-electron chi connectivity index (χ2n) is 4.17. The van der Waals surface area contributed by atoms with Crippen LogP contribution in [0.1, 0.15) is 18.6 Å². The molecule has 0 heterocycles. The highest BCUT2D eigenvalue weighted by Gasteiger charge is 2.13. The summed E-state index contributed by atoms with van der Waals surface area (Å²) in [6.45, 7) is 2.22. The predicted molar refractivity (Wildman–Crippen MR) is 76.4 cm³/mol. The summed E-state index contributed by atoms with van der Waals surface area (Å²) in [4.78, 5) is 11.5. The molecular formula is C13H21ClN2O3. The van der Waals surface area contributed by atoms with E-state index >= 15 is 0 Å². The Kier molecular flexibility index (Phi) is 8.14. The molecule has 0 aliphatic carbocycles. The molecule has 1 amide bonds. The minimum atomic E-state index is -0.732. The number of aliphatic hydroxyl groups is 1. The Hall–Kier alpha value is -1.30. The van der Waals surface area contributed by atoms with Gasteiger partial charge in [-0.25, -0.2) is 0 Å². The summed E-state index contributed by atoms with van der Waals surface area (Å²) < 4.78 is 5.03. The second kappa shape index (κ2) is 8.74. The van der Waals surface area contributed by atoms with Crippen molar-refractivity contribution in [3.05, 3.63) is 29.8 Å². The van der Waals surface area contributed by atoms with Gasteiger partial charge in [0.2, 0.25) is 5.91 Å². The zero-order chi connectivity index (χ0) is 13.5. The third kappa shape index (κ3) is 5.46. The van der Waals surface area contributed by atoms with Gasteiger partial charge in [0.25, 0.3) is 0 Å². The summed E-state index contributed by atoms with van der Waals surface area (Å²) in [5, 5.41) is 12.6. The van der Waals surface area contributed by atoms with Gasteiger partial charge in [0, 0.05) is 19.0 Å². The van der Waals surface area contributed by atoms with Crippen LogP contribution in [0.15, 0.2) is 24.3 Å². The number of ether oxygens (including phenoxy) is 1. The summed E-state index contributed by atoms with van der Waals surface area (Å²) in [7, 11) is 1.58. The Balaban J connectivity index is 0.00000324. The molecule has 0 saturated carbocycles. The summed E-state index contributed by atoms with van der Waals surface area (Å²) in [6, 6.07) is 7.07. The molecule has 1 aromatic rings. The first kappa shape index (κ1) is 17.7. The van der Waals surface area contributed by atoms with Crippen LogP contribution in [0.2, 0.25) is 0 Å². The SMILES string of the molecule is COc1ccc(C(O)CNC(=O)C(C)CN)cc1.Cl. The largest absolute Gasteiger partial charge is 0.497 e. The van der Waals surface area contributed by atoms with Gasteiger partial charge in [-0.1, -0.05) is 19.1 Å². The number of aliphatic hydroxyl groups excluding tert-OH is 1. The number of rotatable bonds is 6. The summed E-state index contributed by atoms with van der Waals surface area (Å²) in [5.41, 5.74) is 6.12. The van der Waals surface area contributed by atoms with Gasteiger partial charge >= 0.3 is 0 Å². The fraction of sp³-hybridized carbons (Fsp3) is 0.462. The average Bonchev–Trinajstić information content (AvgIpc) is 2.43. The number of halogens is 1. The number of hydrogen-bond acceptors (Lipinski definition) is 4. The van der Waals surface area contributed by atoms with Gasteiger partial charge in [-0.3, -0.25) is 4.79 Å². The fourth-order valence-electron chi connectivity index (χ4n) is 1.42. The molecule has 0 fully saturated rings. The molecule has 0 saturated heterocycles. The number of hydrogen-bond donors (Lipinski definition) is 3. The van der Waals surface area contributed by atoms with Crippen molar-refractivity contribution in [1.82, 2.24) is 5.32 Å². The minimum absolute atomic E-state index is 0. The van der Waals surface area contributed by atoms with Crippen molar-refractivity contribution in [2.75, 3.05) is 20.2 Å². The van der Waals surface area contributed by atoms with Crippen LogP contribution in [0.25, 0.3) is 0 Å². The van der Waals surface area contributed by atoms with Crippen LogP contribution in [0.4, 0.5) is 0 Å². The van der Waals surface area contributed by atoms with Crippen molar-refractivity contribution in [3.8, 4) is 5.75 Å². The van der Waals surface area contributed by atoms with Gasteiger partial charge in [-0.2, -0.15) is 0 Å². The van der Waals surface area contributed by atoms with E-state index in [-0.39, 0.29) is 30.8 Å². The number of benzene rings is 1. The third-order valence-corrected chi connectivity index (χ3v) is 2.77. The van der Waals surface area contributed by atoms with Gasteiger partial charge in [0.05, 0.1) is 13.2 Å². The van der Waals surface area contributed by atoms with E-state index < -0.39 is 6.10 Å². The molecule has 4 N–H and O–H groups in total. The van der Waals surface area contributed by atoms with E-state index in [9.17, 15) is 9.90 Å². The van der Waals surface area contributed by atoms with Crippen LogP contribution < -0.4 is 15.8 Å². The van der Waals surface area contributed by atoms with Crippen molar-refractivity contribution in [2.24, 2.45) is 11.7 Å². The van der Waals surface area contributed by atoms with Crippen molar-refractivity contribution < 1.29 is 14.6 Å². The first-order valence-corrected chi connectivity index (χ1v) is 5.88. The van der Waals surface area contributed by atoms with Gasteiger partial charge in [-0.15, -0.1) is 12.4 Å². The maximum atomic E-state index is 11.5. The lowest BCUT2D eigenvalue weighted by molar-refractivity contribution is -0.124. The highest BCUT2D eigenvalue weighted by molar-refractivity contribution is 5.85. The third-order valence-electron chi connectivity index (χ3n) is 2.77. The molecule has 0 aromatic heterocycles. The highest BCUT2D eigenvalue weighted by atomic mass is 35.5. The van der Waals surface area contributed by atoms with Gasteiger partial charge in [0.1, 0.15) is 5.75 Å². The van der Waals surface area contributed by atoms with E-state index in [0.717, 1.165) is 11.3 Å². The molecule has 1 aromatic carbocycles.